The minimum atomic E-state index is -0.510. The molecule has 9 heteroatoms. The molecule has 1 aromatic carbocycles. The van der Waals surface area contributed by atoms with Gasteiger partial charge in [0, 0.05) is 22.7 Å². The third-order valence-electron chi connectivity index (χ3n) is 3.90. The Kier molecular flexibility index (Phi) is 5.93. The number of benzene rings is 1. The van der Waals surface area contributed by atoms with Gasteiger partial charge in [-0.3, -0.25) is 14.9 Å². The molecule has 0 saturated heterocycles. The van der Waals surface area contributed by atoms with Crippen LogP contribution < -0.4 is 10.6 Å². The molecule has 0 radical (unpaired) electrons. The Balaban J connectivity index is 2.11. The number of thiophene rings is 1. The number of carbonyl (C=O) groups is 2. The number of carbonyl (C=O) groups excluding carboxylic acids is 2. The third-order valence-corrected chi connectivity index (χ3v) is 5.02. The molecular weight excluding hydrogens is 358 g/mol. The van der Waals surface area contributed by atoms with E-state index in [1.807, 2.05) is 6.92 Å². The molecule has 0 spiro atoms. The van der Waals surface area contributed by atoms with Crippen LogP contribution in [0.3, 0.4) is 0 Å². The average Bonchev–Trinajstić information content (AvgIpc) is 2.87. The first-order valence-electron chi connectivity index (χ1n) is 7.71. The van der Waals surface area contributed by atoms with E-state index in [2.05, 4.69) is 10.6 Å². The lowest BCUT2D eigenvalue weighted by molar-refractivity contribution is -0.384. The number of ether oxygens (including phenoxy) is 1. The zero-order valence-corrected chi connectivity index (χ0v) is 15.7. The van der Waals surface area contributed by atoms with E-state index in [1.54, 1.807) is 19.9 Å². The van der Waals surface area contributed by atoms with Crippen molar-refractivity contribution in [1.82, 2.24) is 0 Å². The molecular formula is C17H19N3O5S. The minimum Gasteiger partial charge on any atom is -0.465 e. The van der Waals surface area contributed by atoms with Crippen LogP contribution in [-0.4, -0.2) is 30.5 Å². The first kappa shape index (κ1) is 19.4. The molecule has 0 unspecified atom stereocenters. The normalized spacial score (nSPS) is 10.3. The van der Waals surface area contributed by atoms with Gasteiger partial charge in [-0.25, -0.2) is 4.79 Å². The third kappa shape index (κ3) is 4.17. The van der Waals surface area contributed by atoms with E-state index in [1.165, 1.54) is 30.6 Å². The topological polar surface area (TPSA) is 111 Å². The van der Waals surface area contributed by atoms with Crippen LogP contribution in [0.2, 0.25) is 0 Å². The molecule has 8 nitrogen and oxygen atoms in total. The van der Waals surface area contributed by atoms with E-state index in [-0.39, 0.29) is 18.1 Å². The van der Waals surface area contributed by atoms with Crippen molar-refractivity contribution in [3.05, 3.63) is 49.9 Å². The van der Waals surface area contributed by atoms with Gasteiger partial charge in [0.2, 0.25) is 5.91 Å². The van der Waals surface area contributed by atoms with Crippen LogP contribution in [0.5, 0.6) is 0 Å². The maximum absolute atomic E-state index is 12.2. The highest BCUT2D eigenvalue weighted by molar-refractivity contribution is 7.16. The van der Waals surface area contributed by atoms with Crippen LogP contribution in [0, 0.1) is 30.9 Å². The monoisotopic (exact) mass is 377 g/mol. The minimum absolute atomic E-state index is 0.0593. The lowest BCUT2D eigenvalue weighted by Crippen LogP contribution is -2.22. The Bertz CT molecular complexity index is 876. The van der Waals surface area contributed by atoms with Crippen LogP contribution in [0.15, 0.2) is 18.2 Å². The van der Waals surface area contributed by atoms with Gasteiger partial charge in [0.25, 0.3) is 5.69 Å². The predicted molar refractivity (Wildman–Crippen MR) is 100 cm³/mol. The fraction of sp³-hybridized carbons (Fsp3) is 0.294. The quantitative estimate of drug-likeness (QED) is 0.453. The van der Waals surface area contributed by atoms with Crippen molar-refractivity contribution in [2.24, 2.45) is 0 Å². The first-order valence-corrected chi connectivity index (χ1v) is 8.53. The number of hydrogen-bond donors (Lipinski definition) is 2. The summed E-state index contributed by atoms with van der Waals surface area (Å²) in [7, 11) is 1.28. The number of esters is 1. The fourth-order valence-electron chi connectivity index (χ4n) is 2.32. The Labute approximate surface area is 154 Å². The van der Waals surface area contributed by atoms with Gasteiger partial charge in [-0.1, -0.05) is 6.07 Å². The van der Waals surface area contributed by atoms with E-state index in [0.717, 1.165) is 16.0 Å². The Morgan fingerprint density at radius 2 is 1.96 bits per heavy atom. The second-order valence-corrected chi connectivity index (χ2v) is 6.86. The molecule has 2 N–H and O–H groups in total. The summed E-state index contributed by atoms with van der Waals surface area (Å²) in [4.78, 5) is 35.4. The summed E-state index contributed by atoms with van der Waals surface area (Å²) in [5, 5.41) is 16.9. The van der Waals surface area contributed by atoms with Gasteiger partial charge in [0.1, 0.15) is 5.00 Å². The number of anilines is 2. The lowest BCUT2D eigenvalue weighted by atomic mass is 10.1. The summed E-state index contributed by atoms with van der Waals surface area (Å²) in [5.41, 5.74) is 2.33. The lowest BCUT2D eigenvalue weighted by Gasteiger charge is -2.10. The second kappa shape index (κ2) is 7.96. The van der Waals surface area contributed by atoms with E-state index >= 15 is 0 Å². The van der Waals surface area contributed by atoms with E-state index in [9.17, 15) is 19.7 Å². The highest BCUT2D eigenvalue weighted by Gasteiger charge is 2.21. The van der Waals surface area contributed by atoms with Gasteiger partial charge in [-0.2, -0.15) is 0 Å². The molecule has 2 aromatic rings. The molecule has 0 atom stereocenters. The number of nitrogens with zero attached hydrogens (tertiary/aromatic N) is 1. The Hall–Kier alpha value is -2.94. The average molecular weight is 377 g/mol. The summed E-state index contributed by atoms with van der Waals surface area (Å²) >= 11 is 1.29. The maximum atomic E-state index is 12.2. The SMILES string of the molecule is COC(=O)c1c(NC(=O)CNc2cc([N+](=O)[O-])ccc2C)sc(C)c1C. The number of aryl methyl sites for hydroxylation is 2. The van der Waals surface area contributed by atoms with Gasteiger partial charge in [-0.05, 0) is 31.9 Å². The highest BCUT2D eigenvalue weighted by Crippen LogP contribution is 2.33. The van der Waals surface area contributed by atoms with Crippen LogP contribution in [0.4, 0.5) is 16.4 Å². The van der Waals surface area contributed by atoms with Crippen molar-refractivity contribution in [2.75, 3.05) is 24.3 Å². The fourth-order valence-corrected chi connectivity index (χ4v) is 3.39. The summed E-state index contributed by atoms with van der Waals surface area (Å²) in [6.45, 7) is 5.33. The van der Waals surface area contributed by atoms with E-state index < -0.39 is 10.9 Å². The molecule has 0 aliphatic rings. The molecule has 1 aromatic heterocycles. The smallest absolute Gasteiger partial charge is 0.341 e. The zero-order valence-electron chi connectivity index (χ0n) is 14.8. The van der Waals surface area contributed by atoms with Crippen LogP contribution in [0.25, 0.3) is 0 Å². The summed E-state index contributed by atoms with van der Waals surface area (Å²) < 4.78 is 4.77. The van der Waals surface area contributed by atoms with E-state index in [4.69, 9.17) is 4.74 Å². The molecule has 0 fully saturated rings. The van der Waals surface area contributed by atoms with Gasteiger partial charge in [0.15, 0.2) is 0 Å². The Morgan fingerprint density at radius 3 is 2.58 bits per heavy atom. The zero-order chi connectivity index (χ0) is 19.4. The molecule has 26 heavy (non-hydrogen) atoms. The molecule has 0 aliphatic carbocycles. The van der Waals surface area contributed by atoms with Crippen molar-refractivity contribution in [1.29, 1.82) is 0 Å². The van der Waals surface area contributed by atoms with Crippen molar-refractivity contribution < 1.29 is 19.2 Å². The molecule has 1 heterocycles. The van der Waals surface area contributed by atoms with E-state index in [0.29, 0.717) is 16.3 Å². The van der Waals surface area contributed by atoms with Crippen LogP contribution >= 0.6 is 11.3 Å². The molecule has 138 valence electrons. The number of hydrogen-bond acceptors (Lipinski definition) is 7. The second-order valence-electron chi connectivity index (χ2n) is 5.64. The predicted octanol–water partition coefficient (Wildman–Crippen LogP) is 3.42. The standard InChI is InChI=1S/C17H19N3O5S/c1-9-5-6-12(20(23)24)7-13(9)18-8-14(21)19-16-15(17(22)25-4)10(2)11(3)26-16/h5-7,18H,8H2,1-4H3,(H,19,21). The summed E-state index contributed by atoms with van der Waals surface area (Å²) in [5.74, 6) is -0.882. The largest absolute Gasteiger partial charge is 0.465 e. The van der Waals surface area contributed by atoms with Crippen molar-refractivity contribution in [3.63, 3.8) is 0 Å². The number of nitro groups is 1. The van der Waals surface area contributed by atoms with Gasteiger partial charge in [0.05, 0.1) is 24.1 Å². The number of nitro benzene ring substituents is 1. The molecule has 2 rings (SSSR count). The number of non-ortho nitro benzene ring substituents is 1. The molecule has 1 amide bonds. The van der Waals surface area contributed by atoms with Gasteiger partial charge in [-0.15, -0.1) is 11.3 Å². The molecule has 0 aliphatic heterocycles. The van der Waals surface area contributed by atoms with Crippen molar-refractivity contribution >= 4 is 39.6 Å². The number of rotatable bonds is 6. The molecule has 0 bridgehead atoms. The summed E-state index contributed by atoms with van der Waals surface area (Å²) in [6.07, 6.45) is 0. The van der Waals surface area contributed by atoms with Crippen LogP contribution in [-0.2, 0) is 9.53 Å². The van der Waals surface area contributed by atoms with Crippen molar-refractivity contribution in [2.45, 2.75) is 20.8 Å². The Morgan fingerprint density at radius 1 is 1.27 bits per heavy atom. The van der Waals surface area contributed by atoms with Gasteiger partial charge < -0.3 is 15.4 Å². The first-order chi connectivity index (χ1) is 12.2. The number of methoxy groups -OCH3 is 1. The maximum Gasteiger partial charge on any atom is 0.341 e. The molecule has 0 saturated carbocycles. The highest BCUT2D eigenvalue weighted by atomic mass is 32.1. The van der Waals surface area contributed by atoms with Crippen LogP contribution in [0.1, 0.15) is 26.4 Å². The van der Waals surface area contributed by atoms with Crippen molar-refractivity contribution in [3.8, 4) is 0 Å². The number of amides is 1. The summed E-state index contributed by atoms with van der Waals surface area (Å²) in [6, 6.07) is 4.39. The van der Waals surface area contributed by atoms with Gasteiger partial charge >= 0.3 is 5.97 Å². The number of nitrogens with one attached hydrogen (secondary N) is 2.